The third-order valence-electron chi connectivity index (χ3n) is 6.74. The summed E-state index contributed by atoms with van der Waals surface area (Å²) in [6, 6.07) is 2.49. The minimum Gasteiger partial charge on any atom is -0.316 e. The Bertz CT molecular complexity index is 1430. The summed E-state index contributed by atoms with van der Waals surface area (Å²) in [7, 11) is -2.79. The Morgan fingerprint density at radius 1 is 1.34 bits per heavy atom. The minimum absolute atomic E-state index is 0.0201. The third kappa shape index (κ3) is 5.40. The minimum atomic E-state index is -4.23. The number of nitrogens with zero attached hydrogens (tertiary/aromatic N) is 4. The Morgan fingerprint density at radius 3 is 2.66 bits per heavy atom. The van der Waals surface area contributed by atoms with Crippen LogP contribution in [-0.4, -0.2) is 54.3 Å². The van der Waals surface area contributed by atoms with Gasteiger partial charge in [-0.25, -0.2) is 44.8 Å². The predicted octanol–water partition coefficient (Wildman–Crippen LogP) is 4.15. The van der Waals surface area contributed by atoms with E-state index in [1.807, 2.05) is 0 Å². The number of thiophene rings is 1. The van der Waals surface area contributed by atoms with Gasteiger partial charge in [0.1, 0.15) is 27.7 Å². The average molecular weight is 579 g/mol. The highest BCUT2D eigenvalue weighted by Gasteiger charge is 2.61. The molecule has 206 valence electrons. The molecule has 2 aromatic rings. The molecular weight excluding hydrogens is 555 g/mol. The predicted molar refractivity (Wildman–Crippen MR) is 128 cm³/mol. The number of fused-ring (bicyclic) bond motifs is 1. The second-order valence-corrected chi connectivity index (χ2v) is 12.4. The number of aromatic nitrogens is 2. The molecule has 2 saturated carbocycles. The fraction of sp³-hybridized carbons (Fsp3) is 0.591. The number of amides is 1. The number of anilines is 1. The van der Waals surface area contributed by atoms with Crippen LogP contribution in [-0.2, 0) is 34.7 Å². The number of hydrogen-bond donors (Lipinski definition) is 2. The summed E-state index contributed by atoms with van der Waals surface area (Å²) in [6.07, 6.45) is -3.42. The molecule has 1 unspecified atom stereocenters. The molecule has 0 radical (unpaired) electrons. The highest BCUT2D eigenvalue weighted by atomic mass is 32.2. The van der Waals surface area contributed by atoms with Gasteiger partial charge in [-0.15, -0.1) is 11.3 Å². The second-order valence-electron chi connectivity index (χ2n) is 9.65. The van der Waals surface area contributed by atoms with Gasteiger partial charge in [0.2, 0.25) is 15.9 Å². The number of aliphatic imine (C=N–C) groups is 2. The average Bonchev–Trinajstić information content (AvgIpc) is 3.11. The molecular formula is C22H23F5N6O3S2. The van der Waals surface area contributed by atoms with Crippen molar-refractivity contribution in [3.05, 3.63) is 22.2 Å². The molecule has 0 aromatic carbocycles. The summed E-state index contributed by atoms with van der Waals surface area (Å²) in [6.45, 7) is 0. The molecule has 0 saturated heterocycles. The van der Waals surface area contributed by atoms with Gasteiger partial charge in [0.15, 0.2) is 5.82 Å². The zero-order valence-electron chi connectivity index (χ0n) is 19.9. The van der Waals surface area contributed by atoms with Gasteiger partial charge < -0.3 is 5.32 Å². The van der Waals surface area contributed by atoms with Gasteiger partial charge in [-0.05, 0) is 37.7 Å². The van der Waals surface area contributed by atoms with Crippen molar-refractivity contribution >= 4 is 44.1 Å². The number of aryl methyl sites for hydroxylation is 2. The maximum absolute atomic E-state index is 13.4. The maximum atomic E-state index is 13.4. The quantitative estimate of drug-likeness (QED) is 0.361. The van der Waals surface area contributed by atoms with Gasteiger partial charge in [-0.3, -0.25) is 4.79 Å². The van der Waals surface area contributed by atoms with E-state index in [2.05, 4.69) is 31.1 Å². The molecule has 3 aliphatic rings. The fourth-order valence-corrected chi connectivity index (χ4v) is 7.72. The van der Waals surface area contributed by atoms with E-state index in [0.29, 0.717) is 23.3 Å². The van der Waals surface area contributed by atoms with E-state index < -0.39 is 64.6 Å². The molecule has 5 rings (SSSR count). The van der Waals surface area contributed by atoms with E-state index >= 15 is 0 Å². The van der Waals surface area contributed by atoms with E-state index in [4.69, 9.17) is 0 Å². The zero-order valence-corrected chi connectivity index (χ0v) is 21.6. The summed E-state index contributed by atoms with van der Waals surface area (Å²) in [5.41, 5.74) is -0.0566. The third-order valence-corrected chi connectivity index (χ3v) is 9.71. The molecule has 2 aromatic heterocycles. The molecule has 2 N–H and O–H groups in total. The smallest absolute Gasteiger partial charge is 0.282 e. The summed E-state index contributed by atoms with van der Waals surface area (Å²) < 4.78 is 96.1. The molecule has 2 atom stereocenters. The van der Waals surface area contributed by atoms with E-state index in [9.17, 15) is 35.2 Å². The van der Waals surface area contributed by atoms with E-state index in [0.717, 1.165) is 22.1 Å². The van der Waals surface area contributed by atoms with Crippen LogP contribution in [0, 0.1) is 5.92 Å². The lowest BCUT2D eigenvalue weighted by atomic mass is 9.92. The molecule has 9 nitrogen and oxygen atoms in total. The number of carbonyl (C=O) groups excluding carboxylic acids is 1. The van der Waals surface area contributed by atoms with Gasteiger partial charge in [-0.2, -0.15) is 10.1 Å². The second kappa shape index (κ2) is 9.81. The lowest BCUT2D eigenvalue weighted by Crippen LogP contribution is -2.45. The first-order chi connectivity index (χ1) is 17.8. The number of nitrogens with one attached hydrogen (secondary N) is 2. The highest BCUT2D eigenvalue weighted by Crippen LogP contribution is 2.50. The topological polar surface area (TPSA) is 118 Å². The first-order valence-electron chi connectivity index (χ1n) is 11.8. The van der Waals surface area contributed by atoms with Crippen molar-refractivity contribution in [2.45, 2.75) is 74.0 Å². The van der Waals surface area contributed by atoms with Crippen LogP contribution < -0.4 is 10.0 Å². The molecule has 0 aliphatic heterocycles. The highest BCUT2D eigenvalue weighted by molar-refractivity contribution is 7.90. The fourth-order valence-electron chi connectivity index (χ4n) is 4.49. The van der Waals surface area contributed by atoms with Crippen molar-refractivity contribution in [3.63, 3.8) is 0 Å². The Kier molecular flexibility index (Phi) is 6.95. The van der Waals surface area contributed by atoms with Crippen LogP contribution in [0.25, 0.3) is 0 Å². The number of sulfonamides is 1. The van der Waals surface area contributed by atoms with Crippen LogP contribution in [0.3, 0.4) is 0 Å². The van der Waals surface area contributed by atoms with Crippen molar-refractivity contribution < 1.29 is 35.2 Å². The van der Waals surface area contributed by atoms with Crippen molar-refractivity contribution in [3.8, 4) is 0 Å². The van der Waals surface area contributed by atoms with Crippen LogP contribution in [0.1, 0.15) is 48.2 Å². The Morgan fingerprint density at radius 2 is 2.05 bits per heavy atom. The van der Waals surface area contributed by atoms with Gasteiger partial charge >= 0.3 is 0 Å². The Balaban J connectivity index is 1.41. The Hall–Kier alpha value is -2.68. The molecule has 0 spiro atoms. The molecule has 2 heterocycles. The van der Waals surface area contributed by atoms with Crippen molar-refractivity contribution in [2.24, 2.45) is 23.0 Å². The summed E-state index contributed by atoms with van der Waals surface area (Å²) in [5.74, 6) is -5.49. The number of alkyl halides is 5. The monoisotopic (exact) mass is 578 g/mol. The molecule has 3 aliphatic carbocycles. The van der Waals surface area contributed by atoms with Crippen molar-refractivity contribution in [2.75, 3.05) is 5.32 Å². The van der Waals surface area contributed by atoms with Crippen LogP contribution >= 0.6 is 11.3 Å². The lowest BCUT2D eigenvalue weighted by molar-refractivity contribution is -0.119. The van der Waals surface area contributed by atoms with Crippen LogP contribution in [0.4, 0.5) is 32.8 Å². The van der Waals surface area contributed by atoms with Crippen LogP contribution in [0.15, 0.2) is 20.9 Å². The molecule has 2 fully saturated rings. The largest absolute Gasteiger partial charge is 0.316 e. The summed E-state index contributed by atoms with van der Waals surface area (Å²) >= 11 is 1.01. The molecule has 16 heteroatoms. The molecule has 38 heavy (non-hydrogen) atoms. The number of halogens is 5. The first-order valence-corrected chi connectivity index (χ1v) is 14.1. The maximum Gasteiger partial charge on any atom is 0.282 e. The standard InChI is InChI=1S/C22H23F5N6O3S2/c1-33-17(7-15(31-33)19(24)25)29-9-28-11-2-3-16-13(6-11)18(38(35,36)32-12-4-10(23)5-12)21(37-16)30-20(34)14-8-22(14,26)27/h7,10-12,14,19,32H,2-6,8H2,1H3,(H,30,34)/t10?,11-,12?,14?/m0/s1. The summed E-state index contributed by atoms with van der Waals surface area (Å²) in [5, 5.41) is 5.97. The van der Waals surface area contributed by atoms with Crippen molar-refractivity contribution in [1.29, 1.82) is 0 Å². The first kappa shape index (κ1) is 26.9. The van der Waals surface area contributed by atoms with E-state index in [1.165, 1.54) is 7.05 Å². The van der Waals surface area contributed by atoms with Crippen LogP contribution in [0.5, 0.6) is 0 Å². The SMILES string of the molecule is Cn1nc(C(F)F)cc1N=C=N[C@H]1CCc2sc(NC(=O)C3CC3(F)F)c(S(=O)(=O)NC3CC(F)C3)c2C1. The summed E-state index contributed by atoms with van der Waals surface area (Å²) in [4.78, 5) is 21.0. The molecule has 0 bridgehead atoms. The van der Waals surface area contributed by atoms with Gasteiger partial charge in [-0.1, -0.05) is 0 Å². The number of carbonyl (C=O) groups is 1. The van der Waals surface area contributed by atoms with E-state index in [1.54, 1.807) is 0 Å². The zero-order chi connectivity index (χ0) is 27.4. The van der Waals surface area contributed by atoms with Gasteiger partial charge in [0, 0.05) is 30.5 Å². The van der Waals surface area contributed by atoms with Gasteiger partial charge in [0.25, 0.3) is 12.3 Å². The van der Waals surface area contributed by atoms with Crippen molar-refractivity contribution in [1.82, 2.24) is 14.5 Å². The normalized spacial score (nSPS) is 25.8. The van der Waals surface area contributed by atoms with E-state index in [-0.39, 0.29) is 35.0 Å². The van der Waals surface area contributed by atoms with Gasteiger partial charge in [0.05, 0.1) is 12.1 Å². The van der Waals surface area contributed by atoms with Crippen LogP contribution in [0.2, 0.25) is 0 Å². The number of hydrogen-bond acceptors (Lipinski definition) is 7. The lowest BCUT2D eigenvalue weighted by Gasteiger charge is -2.30. The number of rotatable bonds is 8. The molecule has 1 amide bonds. The Labute approximate surface area is 218 Å².